The minimum Gasteiger partial charge on any atom is -0.338 e. The molecule has 0 atom stereocenters. The molecule has 2 heterocycles. The van der Waals surface area contributed by atoms with Crippen molar-refractivity contribution in [3.8, 4) is 0 Å². The summed E-state index contributed by atoms with van der Waals surface area (Å²) in [7, 11) is 1.81. The second-order valence-electron chi connectivity index (χ2n) is 5.74. The van der Waals surface area contributed by atoms with Crippen molar-refractivity contribution >= 4 is 5.91 Å². The summed E-state index contributed by atoms with van der Waals surface area (Å²) >= 11 is 0. The van der Waals surface area contributed by atoms with Crippen LogP contribution in [0.25, 0.3) is 0 Å². The number of likely N-dealkylation sites (N-methyl/N-ethyl adjacent to an activating group) is 1. The molecule has 0 unspecified atom stereocenters. The molecule has 3 aromatic rings. The maximum Gasteiger partial charge on any atom is 0.227 e. The van der Waals surface area contributed by atoms with Gasteiger partial charge in [0.05, 0.1) is 13.0 Å². The Balaban J connectivity index is 1.63. The Morgan fingerprint density at radius 2 is 1.88 bits per heavy atom. The summed E-state index contributed by atoms with van der Waals surface area (Å²) < 4.78 is 2.07. The van der Waals surface area contributed by atoms with Gasteiger partial charge in [0.15, 0.2) is 0 Å². The molecule has 5 nitrogen and oxygen atoms in total. The molecule has 0 aliphatic carbocycles. The van der Waals surface area contributed by atoms with Crippen LogP contribution in [-0.4, -0.2) is 32.4 Å². The van der Waals surface area contributed by atoms with Crippen molar-refractivity contribution in [2.24, 2.45) is 0 Å². The van der Waals surface area contributed by atoms with Crippen molar-refractivity contribution in [3.63, 3.8) is 0 Å². The van der Waals surface area contributed by atoms with E-state index in [-0.39, 0.29) is 5.91 Å². The van der Waals surface area contributed by atoms with E-state index in [1.54, 1.807) is 30.5 Å². The fourth-order valence-electron chi connectivity index (χ4n) is 2.53. The SMILES string of the molecule is CN(Cc1nccn1Cc1ccccc1)C(=O)Cc1cccnc1. The summed E-state index contributed by atoms with van der Waals surface area (Å²) in [5, 5.41) is 0. The molecule has 0 radical (unpaired) electrons. The Morgan fingerprint density at radius 1 is 1.08 bits per heavy atom. The molecular formula is C19H20N4O. The highest BCUT2D eigenvalue weighted by Crippen LogP contribution is 2.08. The van der Waals surface area contributed by atoms with Crippen molar-refractivity contribution in [1.29, 1.82) is 0 Å². The molecule has 0 aliphatic rings. The highest BCUT2D eigenvalue weighted by atomic mass is 16.2. The van der Waals surface area contributed by atoms with Crippen LogP contribution in [0.5, 0.6) is 0 Å². The van der Waals surface area contributed by atoms with E-state index in [9.17, 15) is 4.79 Å². The Bertz CT molecular complexity index is 783. The zero-order valence-corrected chi connectivity index (χ0v) is 13.7. The number of hydrogen-bond acceptors (Lipinski definition) is 3. The highest BCUT2D eigenvalue weighted by molar-refractivity contribution is 5.78. The molecule has 2 aromatic heterocycles. The van der Waals surface area contributed by atoms with Gasteiger partial charge >= 0.3 is 0 Å². The van der Waals surface area contributed by atoms with E-state index in [1.807, 2.05) is 36.5 Å². The van der Waals surface area contributed by atoms with Gasteiger partial charge in [0, 0.05) is 38.4 Å². The topological polar surface area (TPSA) is 51.0 Å². The van der Waals surface area contributed by atoms with E-state index in [0.717, 1.165) is 17.9 Å². The average molecular weight is 320 g/mol. The zero-order chi connectivity index (χ0) is 16.8. The number of pyridine rings is 1. The third-order valence-corrected chi connectivity index (χ3v) is 3.88. The number of aromatic nitrogens is 3. The van der Waals surface area contributed by atoms with Gasteiger partial charge < -0.3 is 9.47 Å². The Kier molecular flexibility index (Phi) is 5.01. The quantitative estimate of drug-likeness (QED) is 0.701. The zero-order valence-electron chi connectivity index (χ0n) is 13.7. The molecule has 3 rings (SSSR count). The molecule has 0 saturated carbocycles. The van der Waals surface area contributed by atoms with Gasteiger partial charge in [-0.15, -0.1) is 0 Å². The number of carbonyl (C=O) groups excluding carboxylic acids is 1. The second kappa shape index (κ2) is 7.55. The van der Waals surface area contributed by atoms with Crippen LogP contribution in [0, 0.1) is 0 Å². The van der Waals surface area contributed by atoms with Crippen molar-refractivity contribution in [2.75, 3.05) is 7.05 Å². The van der Waals surface area contributed by atoms with Crippen LogP contribution in [-0.2, 0) is 24.3 Å². The lowest BCUT2D eigenvalue weighted by atomic mass is 10.2. The molecule has 122 valence electrons. The van der Waals surface area contributed by atoms with Crippen molar-refractivity contribution in [1.82, 2.24) is 19.4 Å². The van der Waals surface area contributed by atoms with Gasteiger partial charge in [-0.25, -0.2) is 4.98 Å². The number of imidazole rings is 1. The number of hydrogen-bond donors (Lipinski definition) is 0. The van der Waals surface area contributed by atoms with Crippen LogP contribution in [0.1, 0.15) is 17.0 Å². The Morgan fingerprint density at radius 3 is 2.62 bits per heavy atom. The Hall–Kier alpha value is -2.95. The van der Waals surface area contributed by atoms with Gasteiger partial charge in [-0.1, -0.05) is 36.4 Å². The number of nitrogens with zero attached hydrogens (tertiary/aromatic N) is 4. The molecule has 0 saturated heterocycles. The van der Waals surface area contributed by atoms with Crippen molar-refractivity contribution < 1.29 is 4.79 Å². The summed E-state index contributed by atoms with van der Waals surface area (Å²) in [6, 6.07) is 14.0. The van der Waals surface area contributed by atoms with Crippen LogP contribution in [0.3, 0.4) is 0 Å². The minimum absolute atomic E-state index is 0.0530. The van der Waals surface area contributed by atoms with Gasteiger partial charge in [0.2, 0.25) is 5.91 Å². The maximum atomic E-state index is 12.4. The maximum absolute atomic E-state index is 12.4. The number of carbonyl (C=O) groups is 1. The van der Waals surface area contributed by atoms with E-state index < -0.39 is 0 Å². The number of amides is 1. The first kappa shape index (κ1) is 15.9. The van der Waals surface area contributed by atoms with Crippen LogP contribution >= 0.6 is 0 Å². The van der Waals surface area contributed by atoms with E-state index >= 15 is 0 Å². The van der Waals surface area contributed by atoms with E-state index in [0.29, 0.717) is 13.0 Å². The molecule has 1 aromatic carbocycles. The molecule has 0 aliphatic heterocycles. The molecule has 24 heavy (non-hydrogen) atoms. The molecular weight excluding hydrogens is 300 g/mol. The van der Waals surface area contributed by atoms with E-state index in [1.165, 1.54) is 5.56 Å². The van der Waals surface area contributed by atoms with Gasteiger partial charge in [0.1, 0.15) is 5.82 Å². The number of rotatable bonds is 6. The molecule has 0 bridgehead atoms. The van der Waals surface area contributed by atoms with Crippen LogP contribution in [0.2, 0.25) is 0 Å². The predicted octanol–water partition coefficient (Wildman–Crippen LogP) is 2.53. The van der Waals surface area contributed by atoms with Crippen LogP contribution < -0.4 is 0 Å². The summed E-state index contributed by atoms with van der Waals surface area (Å²) in [5.74, 6) is 0.929. The third kappa shape index (κ3) is 4.07. The van der Waals surface area contributed by atoms with E-state index in [2.05, 4.69) is 26.7 Å². The summed E-state index contributed by atoms with van der Waals surface area (Å²) in [6.07, 6.45) is 7.50. The highest BCUT2D eigenvalue weighted by Gasteiger charge is 2.13. The predicted molar refractivity (Wildman–Crippen MR) is 92.2 cm³/mol. The number of benzene rings is 1. The molecule has 5 heteroatoms. The molecule has 0 N–H and O–H groups in total. The van der Waals surface area contributed by atoms with Crippen molar-refractivity contribution in [2.45, 2.75) is 19.5 Å². The molecule has 1 amide bonds. The third-order valence-electron chi connectivity index (χ3n) is 3.88. The Labute approximate surface area is 141 Å². The summed E-state index contributed by atoms with van der Waals surface area (Å²) in [4.78, 5) is 22.5. The van der Waals surface area contributed by atoms with Crippen molar-refractivity contribution in [3.05, 3.63) is 84.2 Å². The fourth-order valence-corrected chi connectivity index (χ4v) is 2.53. The second-order valence-corrected chi connectivity index (χ2v) is 5.74. The van der Waals surface area contributed by atoms with Gasteiger partial charge in [-0.2, -0.15) is 0 Å². The lowest BCUT2D eigenvalue weighted by molar-refractivity contribution is -0.129. The van der Waals surface area contributed by atoms with Crippen LogP contribution in [0.4, 0.5) is 0 Å². The lowest BCUT2D eigenvalue weighted by Gasteiger charge is -2.18. The molecule has 0 fully saturated rings. The monoisotopic (exact) mass is 320 g/mol. The largest absolute Gasteiger partial charge is 0.338 e. The first-order chi connectivity index (χ1) is 11.7. The smallest absolute Gasteiger partial charge is 0.227 e. The average Bonchev–Trinajstić information content (AvgIpc) is 3.03. The normalized spacial score (nSPS) is 10.5. The van der Waals surface area contributed by atoms with E-state index in [4.69, 9.17) is 0 Å². The first-order valence-electron chi connectivity index (χ1n) is 7.89. The molecule has 0 spiro atoms. The standard InChI is InChI=1S/C19H20N4O/c1-22(19(24)12-17-8-5-9-20-13-17)15-18-21-10-11-23(18)14-16-6-3-2-4-7-16/h2-11,13H,12,14-15H2,1H3. The van der Waals surface area contributed by atoms with Gasteiger partial charge in [-0.3, -0.25) is 9.78 Å². The summed E-state index contributed by atoms with van der Waals surface area (Å²) in [5.41, 5.74) is 2.13. The minimum atomic E-state index is 0.0530. The summed E-state index contributed by atoms with van der Waals surface area (Å²) in [6.45, 7) is 1.24. The van der Waals surface area contributed by atoms with Gasteiger partial charge in [-0.05, 0) is 17.2 Å². The lowest BCUT2D eigenvalue weighted by Crippen LogP contribution is -2.29. The van der Waals surface area contributed by atoms with Gasteiger partial charge in [0.25, 0.3) is 0 Å². The first-order valence-corrected chi connectivity index (χ1v) is 7.89. The van der Waals surface area contributed by atoms with Crippen LogP contribution in [0.15, 0.2) is 67.3 Å². The fraction of sp³-hybridized carbons (Fsp3) is 0.211.